The van der Waals surface area contributed by atoms with Crippen LogP contribution in [0.25, 0.3) is 0 Å². The van der Waals surface area contributed by atoms with Crippen LogP contribution in [-0.4, -0.2) is 28.9 Å². The van der Waals surface area contributed by atoms with Crippen molar-refractivity contribution >= 4 is 22.9 Å². The van der Waals surface area contributed by atoms with Crippen LogP contribution in [0.3, 0.4) is 0 Å². The summed E-state index contributed by atoms with van der Waals surface area (Å²) in [6.45, 7) is 3.39. The predicted octanol–water partition coefficient (Wildman–Crippen LogP) is 2.77. The Kier molecular flexibility index (Phi) is 4.87. The molecule has 7 nitrogen and oxygen atoms in total. The molecule has 1 aliphatic rings. The monoisotopic (exact) mass is 397 g/mol. The first kappa shape index (κ1) is 18.2. The number of thiophene rings is 1. The second-order valence-corrected chi connectivity index (χ2v) is 7.78. The van der Waals surface area contributed by atoms with Crippen molar-refractivity contribution in [2.24, 2.45) is 7.05 Å². The standard InChI is InChI=1S/C20H19N3O4S/c1-13-3-5-15(28-13)12-23(20(25)16-6-8-19(24)22(2)21-16)14-4-7-17-18(11-14)27-10-9-26-17/h3-8,11H,9-10,12H2,1-2H3. The van der Waals surface area contributed by atoms with E-state index >= 15 is 0 Å². The van der Waals surface area contributed by atoms with E-state index in [9.17, 15) is 9.59 Å². The van der Waals surface area contributed by atoms with Gasteiger partial charge in [-0.2, -0.15) is 5.10 Å². The molecule has 0 bridgehead atoms. The van der Waals surface area contributed by atoms with Crippen molar-refractivity contribution in [1.29, 1.82) is 0 Å². The van der Waals surface area contributed by atoms with Crippen molar-refractivity contribution in [3.8, 4) is 11.5 Å². The van der Waals surface area contributed by atoms with Gasteiger partial charge in [0.1, 0.15) is 18.9 Å². The Bertz CT molecular complexity index is 1090. The van der Waals surface area contributed by atoms with Crippen molar-refractivity contribution in [3.05, 3.63) is 68.3 Å². The smallest absolute Gasteiger partial charge is 0.279 e. The molecule has 0 saturated carbocycles. The quantitative estimate of drug-likeness (QED) is 0.677. The molecule has 0 spiro atoms. The molecular weight excluding hydrogens is 378 g/mol. The Morgan fingerprint density at radius 3 is 2.64 bits per heavy atom. The molecule has 144 valence electrons. The summed E-state index contributed by atoms with van der Waals surface area (Å²) in [5, 5.41) is 4.11. The number of hydrogen-bond donors (Lipinski definition) is 0. The van der Waals surface area contributed by atoms with Crippen LogP contribution in [0.4, 0.5) is 5.69 Å². The number of rotatable bonds is 4. The fraction of sp³-hybridized carbons (Fsp3) is 0.250. The van der Waals surface area contributed by atoms with Gasteiger partial charge in [0.25, 0.3) is 11.5 Å². The molecule has 1 aliphatic heterocycles. The van der Waals surface area contributed by atoms with Gasteiger partial charge in [-0.1, -0.05) is 0 Å². The van der Waals surface area contributed by atoms with E-state index in [1.54, 1.807) is 28.4 Å². The van der Waals surface area contributed by atoms with Crippen LogP contribution in [0.2, 0.25) is 0 Å². The molecule has 0 saturated heterocycles. The number of ether oxygens (including phenoxy) is 2. The van der Waals surface area contributed by atoms with Crippen LogP contribution in [0.1, 0.15) is 20.2 Å². The van der Waals surface area contributed by atoms with E-state index in [0.717, 1.165) is 9.56 Å². The van der Waals surface area contributed by atoms with Crippen LogP contribution in [0, 0.1) is 6.92 Å². The summed E-state index contributed by atoms with van der Waals surface area (Å²) in [4.78, 5) is 28.8. The SMILES string of the molecule is Cc1ccc(CN(C(=O)c2ccc(=O)n(C)n2)c2ccc3c(c2)OCCO3)s1. The lowest BCUT2D eigenvalue weighted by molar-refractivity contribution is 0.0978. The molecule has 0 radical (unpaired) electrons. The average molecular weight is 397 g/mol. The van der Waals surface area contributed by atoms with Gasteiger partial charge in [0, 0.05) is 34.6 Å². The largest absolute Gasteiger partial charge is 0.486 e. The number of nitrogens with zero attached hydrogens (tertiary/aromatic N) is 3. The van der Waals surface area contributed by atoms with Crippen molar-refractivity contribution in [2.75, 3.05) is 18.1 Å². The minimum atomic E-state index is -0.293. The van der Waals surface area contributed by atoms with Gasteiger partial charge in [-0.05, 0) is 37.3 Å². The molecule has 2 aromatic heterocycles. The Hall–Kier alpha value is -3.13. The minimum Gasteiger partial charge on any atom is -0.486 e. The number of aryl methyl sites for hydroxylation is 2. The van der Waals surface area contributed by atoms with E-state index in [2.05, 4.69) is 5.10 Å². The molecule has 3 aromatic rings. The van der Waals surface area contributed by atoms with Gasteiger partial charge in [0.05, 0.1) is 6.54 Å². The molecule has 8 heteroatoms. The molecule has 1 aromatic carbocycles. The van der Waals surface area contributed by atoms with Crippen molar-refractivity contribution in [1.82, 2.24) is 9.78 Å². The Labute approximate surface area is 165 Å². The van der Waals surface area contributed by atoms with Crippen LogP contribution in [0.15, 0.2) is 47.3 Å². The molecule has 0 atom stereocenters. The topological polar surface area (TPSA) is 73.7 Å². The third-order valence-electron chi connectivity index (χ3n) is 4.37. The van der Waals surface area contributed by atoms with Crippen molar-refractivity contribution in [3.63, 3.8) is 0 Å². The lowest BCUT2D eigenvalue weighted by Crippen LogP contribution is -2.33. The maximum atomic E-state index is 13.3. The highest BCUT2D eigenvalue weighted by Crippen LogP contribution is 2.35. The molecule has 0 fully saturated rings. The van der Waals surface area contributed by atoms with Gasteiger partial charge < -0.3 is 14.4 Å². The zero-order valence-corrected chi connectivity index (χ0v) is 16.4. The first-order chi connectivity index (χ1) is 13.5. The van der Waals surface area contributed by atoms with E-state index in [1.807, 2.05) is 25.1 Å². The number of fused-ring (bicyclic) bond motifs is 1. The second kappa shape index (κ2) is 7.47. The molecule has 0 unspecified atom stereocenters. The maximum Gasteiger partial charge on any atom is 0.279 e. The van der Waals surface area contributed by atoms with Crippen LogP contribution >= 0.6 is 11.3 Å². The zero-order chi connectivity index (χ0) is 19.7. The summed E-state index contributed by atoms with van der Waals surface area (Å²) >= 11 is 1.63. The number of benzene rings is 1. The van der Waals surface area contributed by atoms with E-state index < -0.39 is 0 Å². The fourth-order valence-corrected chi connectivity index (χ4v) is 3.84. The molecule has 0 aliphatic carbocycles. The van der Waals surface area contributed by atoms with Crippen molar-refractivity contribution < 1.29 is 14.3 Å². The van der Waals surface area contributed by atoms with Gasteiger partial charge in [0.15, 0.2) is 11.5 Å². The van der Waals surface area contributed by atoms with Gasteiger partial charge in [0.2, 0.25) is 0 Å². The minimum absolute atomic E-state index is 0.199. The number of aromatic nitrogens is 2. The maximum absolute atomic E-state index is 13.3. The highest BCUT2D eigenvalue weighted by atomic mass is 32.1. The Balaban J connectivity index is 1.73. The summed E-state index contributed by atoms with van der Waals surface area (Å²) in [5.41, 5.74) is 0.609. The molecule has 3 heterocycles. The van der Waals surface area contributed by atoms with Crippen LogP contribution in [-0.2, 0) is 13.6 Å². The average Bonchev–Trinajstić information content (AvgIpc) is 3.12. The highest BCUT2D eigenvalue weighted by Gasteiger charge is 2.23. The first-order valence-electron chi connectivity index (χ1n) is 8.82. The van der Waals surface area contributed by atoms with Crippen LogP contribution < -0.4 is 19.9 Å². The van der Waals surface area contributed by atoms with E-state index in [0.29, 0.717) is 36.9 Å². The molecule has 1 amide bonds. The highest BCUT2D eigenvalue weighted by molar-refractivity contribution is 7.11. The molecular formula is C20H19N3O4S. The first-order valence-corrected chi connectivity index (χ1v) is 9.64. The normalized spacial score (nSPS) is 12.6. The summed E-state index contributed by atoms with van der Waals surface area (Å²) in [6, 6.07) is 12.3. The third kappa shape index (κ3) is 3.63. The van der Waals surface area contributed by atoms with Gasteiger partial charge in [-0.3, -0.25) is 9.59 Å². The second-order valence-electron chi connectivity index (χ2n) is 6.41. The van der Waals surface area contributed by atoms with Gasteiger partial charge in [-0.25, -0.2) is 4.68 Å². The number of amides is 1. The van der Waals surface area contributed by atoms with E-state index in [4.69, 9.17) is 9.47 Å². The fourth-order valence-electron chi connectivity index (χ4n) is 2.96. The lowest BCUT2D eigenvalue weighted by Gasteiger charge is -2.25. The van der Waals surface area contributed by atoms with Gasteiger partial charge >= 0.3 is 0 Å². The number of carbonyl (C=O) groups is 1. The van der Waals surface area contributed by atoms with Crippen molar-refractivity contribution in [2.45, 2.75) is 13.5 Å². The molecule has 0 N–H and O–H groups in total. The van der Waals surface area contributed by atoms with E-state index in [-0.39, 0.29) is 17.2 Å². The third-order valence-corrected chi connectivity index (χ3v) is 5.36. The molecule has 28 heavy (non-hydrogen) atoms. The Morgan fingerprint density at radius 2 is 1.93 bits per heavy atom. The van der Waals surface area contributed by atoms with Gasteiger partial charge in [-0.15, -0.1) is 11.3 Å². The lowest BCUT2D eigenvalue weighted by atomic mass is 10.2. The summed E-state index contributed by atoms with van der Waals surface area (Å²) < 4.78 is 12.4. The summed E-state index contributed by atoms with van der Waals surface area (Å²) in [5.74, 6) is 0.977. The predicted molar refractivity (Wildman–Crippen MR) is 106 cm³/mol. The summed E-state index contributed by atoms with van der Waals surface area (Å²) in [7, 11) is 1.52. The molecule has 4 rings (SSSR count). The van der Waals surface area contributed by atoms with E-state index in [1.165, 1.54) is 24.1 Å². The summed E-state index contributed by atoms with van der Waals surface area (Å²) in [6.07, 6.45) is 0. The number of carbonyl (C=O) groups excluding carboxylic acids is 1. The number of anilines is 1. The zero-order valence-electron chi connectivity index (χ0n) is 15.5. The Morgan fingerprint density at radius 1 is 1.14 bits per heavy atom. The number of hydrogen-bond acceptors (Lipinski definition) is 6. The van der Waals surface area contributed by atoms with Crippen LogP contribution in [0.5, 0.6) is 11.5 Å².